The Labute approximate surface area is 140 Å². The molecule has 0 N–H and O–H groups in total. The molecule has 1 saturated heterocycles. The van der Waals surface area contributed by atoms with E-state index in [0.717, 1.165) is 23.8 Å². The molecule has 23 heavy (non-hydrogen) atoms. The first-order valence-electron chi connectivity index (χ1n) is 7.69. The van der Waals surface area contributed by atoms with Gasteiger partial charge < -0.3 is 14.2 Å². The van der Waals surface area contributed by atoms with Crippen LogP contribution in [0.4, 0.5) is 5.69 Å². The summed E-state index contributed by atoms with van der Waals surface area (Å²) in [6, 6.07) is 7.81. The van der Waals surface area contributed by atoms with E-state index in [0.29, 0.717) is 37.7 Å². The van der Waals surface area contributed by atoms with Crippen LogP contribution in [0, 0.1) is 6.92 Å². The third kappa shape index (κ3) is 4.01. The predicted molar refractivity (Wildman–Crippen MR) is 87.6 cm³/mol. The van der Waals surface area contributed by atoms with E-state index in [1.807, 2.05) is 29.2 Å². The smallest absolute Gasteiger partial charge is 0.223 e. The van der Waals surface area contributed by atoms with Crippen LogP contribution in [0.25, 0.3) is 0 Å². The summed E-state index contributed by atoms with van der Waals surface area (Å²) in [7, 11) is 0. The summed E-state index contributed by atoms with van der Waals surface area (Å²) < 4.78 is 5.29. The standard InChI is InChI=1S/C16H19ClN4O2/c1-12-18-19-15(23-12)5-6-16(22)21-9-7-20(8-10-21)14-4-2-3-13(17)11-14/h2-4,11H,5-10H2,1H3. The molecule has 122 valence electrons. The zero-order valence-electron chi connectivity index (χ0n) is 13.0. The molecule has 0 unspecified atom stereocenters. The van der Waals surface area contributed by atoms with Gasteiger partial charge in [0, 0.05) is 56.7 Å². The van der Waals surface area contributed by atoms with Gasteiger partial charge >= 0.3 is 0 Å². The molecular formula is C16H19ClN4O2. The highest BCUT2D eigenvalue weighted by molar-refractivity contribution is 6.30. The Bertz CT molecular complexity index is 680. The molecule has 1 aromatic heterocycles. The second-order valence-electron chi connectivity index (χ2n) is 5.56. The van der Waals surface area contributed by atoms with Crippen LogP contribution in [0.15, 0.2) is 28.7 Å². The summed E-state index contributed by atoms with van der Waals surface area (Å²) in [4.78, 5) is 16.4. The van der Waals surface area contributed by atoms with Crippen molar-refractivity contribution in [1.29, 1.82) is 0 Å². The van der Waals surface area contributed by atoms with Crippen molar-refractivity contribution < 1.29 is 9.21 Å². The van der Waals surface area contributed by atoms with Crippen LogP contribution >= 0.6 is 11.6 Å². The molecule has 1 aliphatic rings. The second-order valence-corrected chi connectivity index (χ2v) is 6.00. The number of piperazine rings is 1. The Morgan fingerprint density at radius 3 is 2.70 bits per heavy atom. The van der Waals surface area contributed by atoms with Crippen molar-refractivity contribution in [1.82, 2.24) is 15.1 Å². The number of amides is 1. The van der Waals surface area contributed by atoms with Gasteiger partial charge in [0.1, 0.15) is 0 Å². The Morgan fingerprint density at radius 2 is 2.04 bits per heavy atom. The molecule has 3 rings (SSSR count). The molecule has 0 aliphatic carbocycles. The molecular weight excluding hydrogens is 316 g/mol. The van der Waals surface area contributed by atoms with Crippen LogP contribution in [-0.2, 0) is 11.2 Å². The van der Waals surface area contributed by atoms with Gasteiger partial charge in [-0.1, -0.05) is 17.7 Å². The van der Waals surface area contributed by atoms with Gasteiger partial charge in [0.2, 0.25) is 17.7 Å². The number of hydrogen-bond donors (Lipinski definition) is 0. The minimum Gasteiger partial charge on any atom is -0.426 e. The van der Waals surface area contributed by atoms with Crippen LogP contribution in [0.2, 0.25) is 5.02 Å². The van der Waals surface area contributed by atoms with Crippen molar-refractivity contribution >= 4 is 23.2 Å². The van der Waals surface area contributed by atoms with E-state index in [4.69, 9.17) is 16.0 Å². The van der Waals surface area contributed by atoms with E-state index < -0.39 is 0 Å². The van der Waals surface area contributed by atoms with Gasteiger partial charge in [0.05, 0.1) is 0 Å². The molecule has 6 nitrogen and oxygen atoms in total. The molecule has 2 aromatic rings. The Morgan fingerprint density at radius 1 is 1.26 bits per heavy atom. The van der Waals surface area contributed by atoms with Crippen molar-refractivity contribution in [3.63, 3.8) is 0 Å². The number of rotatable bonds is 4. The fourth-order valence-corrected chi connectivity index (χ4v) is 2.88. The van der Waals surface area contributed by atoms with Crippen molar-refractivity contribution in [3.8, 4) is 0 Å². The summed E-state index contributed by atoms with van der Waals surface area (Å²) >= 11 is 6.03. The average Bonchev–Trinajstić information content (AvgIpc) is 2.98. The van der Waals surface area contributed by atoms with Gasteiger partial charge in [-0.2, -0.15) is 0 Å². The summed E-state index contributed by atoms with van der Waals surface area (Å²) in [6.07, 6.45) is 0.896. The molecule has 0 radical (unpaired) electrons. The largest absolute Gasteiger partial charge is 0.426 e. The predicted octanol–water partition coefficient (Wildman–Crippen LogP) is 2.31. The van der Waals surface area contributed by atoms with Crippen molar-refractivity contribution in [2.24, 2.45) is 0 Å². The Hall–Kier alpha value is -2.08. The van der Waals surface area contributed by atoms with Gasteiger partial charge in [0.15, 0.2) is 0 Å². The molecule has 7 heteroatoms. The number of carbonyl (C=O) groups excluding carboxylic acids is 1. The summed E-state index contributed by atoms with van der Waals surface area (Å²) in [5.41, 5.74) is 1.10. The molecule has 0 bridgehead atoms. The van der Waals surface area contributed by atoms with E-state index in [9.17, 15) is 4.79 Å². The van der Waals surface area contributed by atoms with E-state index in [-0.39, 0.29) is 5.91 Å². The Kier molecular flexibility index (Phi) is 4.81. The minimum absolute atomic E-state index is 0.131. The van der Waals surface area contributed by atoms with Crippen LogP contribution in [0.3, 0.4) is 0 Å². The molecule has 1 amide bonds. The normalized spacial score (nSPS) is 15.0. The monoisotopic (exact) mass is 334 g/mol. The highest BCUT2D eigenvalue weighted by Gasteiger charge is 2.21. The van der Waals surface area contributed by atoms with Crippen molar-refractivity contribution in [3.05, 3.63) is 41.1 Å². The van der Waals surface area contributed by atoms with E-state index in [1.165, 1.54) is 0 Å². The summed E-state index contributed by atoms with van der Waals surface area (Å²) in [5.74, 6) is 1.18. The molecule has 0 atom stereocenters. The molecule has 0 saturated carbocycles. The zero-order chi connectivity index (χ0) is 16.2. The maximum Gasteiger partial charge on any atom is 0.223 e. The number of anilines is 1. The topological polar surface area (TPSA) is 62.5 Å². The van der Waals surface area contributed by atoms with Crippen LogP contribution in [0.5, 0.6) is 0 Å². The van der Waals surface area contributed by atoms with Gasteiger partial charge in [-0.25, -0.2) is 0 Å². The van der Waals surface area contributed by atoms with Gasteiger partial charge in [-0.05, 0) is 18.2 Å². The van der Waals surface area contributed by atoms with Gasteiger partial charge in [-0.3, -0.25) is 4.79 Å². The summed E-state index contributed by atoms with van der Waals surface area (Å²) in [6.45, 7) is 4.80. The zero-order valence-corrected chi connectivity index (χ0v) is 13.8. The quantitative estimate of drug-likeness (QED) is 0.858. The lowest BCUT2D eigenvalue weighted by Crippen LogP contribution is -2.48. The highest BCUT2D eigenvalue weighted by Crippen LogP contribution is 2.21. The van der Waals surface area contributed by atoms with Crippen LogP contribution in [-0.4, -0.2) is 47.2 Å². The minimum atomic E-state index is 0.131. The number of carbonyl (C=O) groups is 1. The highest BCUT2D eigenvalue weighted by atomic mass is 35.5. The number of hydrogen-bond acceptors (Lipinski definition) is 5. The lowest BCUT2D eigenvalue weighted by molar-refractivity contribution is -0.131. The lowest BCUT2D eigenvalue weighted by Gasteiger charge is -2.36. The first-order valence-corrected chi connectivity index (χ1v) is 8.07. The lowest BCUT2D eigenvalue weighted by atomic mass is 10.2. The molecule has 0 spiro atoms. The molecule has 1 aromatic carbocycles. The average molecular weight is 335 g/mol. The van der Waals surface area contributed by atoms with Gasteiger partial charge in [-0.15, -0.1) is 10.2 Å². The maximum atomic E-state index is 12.3. The number of nitrogens with zero attached hydrogens (tertiary/aromatic N) is 4. The van der Waals surface area contributed by atoms with Crippen LogP contribution in [0.1, 0.15) is 18.2 Å². The Balaban J connectivity index is 1.49. The summed E-state index contributed by atoms with van der Waals surface area (Å²) in [5, 5.41) is 8.42. The first-order chi connectivity index (χ1) is 11.1. The molecule has 1 fully saturated rings. The SMILES string of the molecule is Cc1nnc(CCC(=O)N2CCN(c3cccc(Cl)c3)CC2)o1. The molecule has 1 aliphatic heterocycles. The van der Waals surface area contributed by atoms with Crippen LogP contribution < -0.4 is 4.90 Å². The number of benzene rings is 1. The number of halogens is 1. The van der Waals surface area contributed by atoms with E-state index in [1.54, 1.807) is 6.92 Å². The fraction of sp³-hybridized carbons (Fsp3) is 0.438. The first kappa shape index (κ1) is 15.8. The number of aryl methyl sites for hydroxylation is 2. The number of aromatic nitrogens is 2. The van der Waals surface area contributed by atoms with Crippen molar-refractivity contribution in [2.45, 2.75) is 19.8 Å². The maximum absolute atomic E-state index is 12.3. The third-order valence-electron chi connectivity index (χ3n) is 3.93. The van der Waals surface area contributed by atoms with E-state index >= 15 is 0 Å². The molecule has 2 heterocycles. The van der Waals surface area contributed by atoms with E-state index in [2.05, 4.69) is 15.1 Å². The third-order valence-corrected chi connectivity index (χ3v) is 4.16. The second kappa shape index (κ2) is 7.00. The fourth-order valence-electron chi connectivity index (χ4n) is 2.70. The van der Waals surface area contributed by atoms with Gasteiger partial charge in [0.25, 0.3) is 0 Å². The van der Waals surface area contributed by atoms with Crippen molar-refractivity contribution in [2.75, 3.05) is 31.1 Å².